The van der Waals surface area contributed by atoms with Gasteiger partial charge in [0.1, 0.15) is 5.69 Å². The lowest BCUT2D eigenvalue weighted by atomic mass is 9.97. The number of H-pyrrole nitrogens is 1. The van der Waals surface area contributed by atoms with Crippen molar-refractivity contribution in [2.45, 2.75) is 5.54 Å². The third-order valence-electron chi connectivity index (χ3n) is 3.52. The van der Waals surface area contributed by atoms with E-state index in [2.05, 4.69) is 10.3 Å². The van der Waals surface area contributed by atoms with Gasteiger partial charge in [-0.1, -0.05) is 11.6 Å². The van der Waals surface area contributed by atoms with Crippen molar-refractivity contribution in [3.05, 3.63) is 34.5 Å². The minimum Gasteiger partial charge on any atom is -0.376 e. The third-order valence-corrected chi connectivity index (χ3v) is 3.80. The van der Waals surface area contributed by atoms with Crippen LogP contribution >= 0.6 is 11.6 Å². The Morgan fingerprint density at radius 1 is 1.43 bits per heavy atom. The molecule has 0 bridgehead atoms. The Morgan fingerprint density at radius 2 is 2.14 bits per heavy atom. The quantitative estimate of drug-likeness (QED) is 0.752. The van der Waals surface area contributed by atoms with E-state index in [0.29, 0.717) is 18.6 Å². The Hall–Kier alpha value is -1.70. The van der Waals surface area contributed by atoms with E-state index in [4.69, 9.17) is 22.1 Å². The molecule has 0 radical (unpaired) electrons. The molecule has 1 aromatic heterocycles. The second-order valence-electron chi connectivity index (χ2n) is 5.06. The van der Waals surface area contributed by atoms with E-state index in [9.17, 15) is 13.6 Å². The Balaban J connectivity index is 1.94. The van der Waals surface area contributed by atoms with Crippen LogP contribution in [-0.2, 0) is 4.74 Å². The van der Waals surface area contributed by atoms with E-state index in [1.165, 1.54) is 12.1 Å². The van der Waals surface area contributed by atoms with E-state index in [1.54, 1.807) is 0 Å². The van der Waals surface area contributed by atoms with Crippen molar-refractivity contribution in [2.24, 2.45) is 5.73 Å². The predicted octanol–water partition coefficient (Wildman–Crippen LogP) is 1.56. The topological polar surface area (TPSA) is 80.1 Å². The van der Waals surface area contributed by atoms with Crippen molar-refractivity contribution in [3.8, 4) is 0 Å². The van der Waals surface area contributed by atoms with E-state index in [0.717, 1.165) is 0 Å². The monoisotopic (exact) mass is 315 g/mol. The summed E-state index contributed by atoms with van der Waals surface area (Å²) < 4.78 is 32.2. The summed E-state index contributed by atoms with van der Waals surface area (Å²) in [6.07, 6.45) is 0. The first-order valence-corrected chi connectivity index (χ1v) is 6.60. The minimum atomic E-state index is -1.15. The van der Waals surface area contributed by atoms with Crippen molar-refractivity contribution in [2.75, 3.05) is 19.8 Å². The number of rotatable bonds is 3. The highest BCUT2D eigenvalue weighted by Gasteiger charge is 2.39. The highest BCUT2D eigenvalue weighted by atomic mass is 35.5. The lowest BCUT2D eigenvalue weighted by molar-refractivity contribution is -0.0642. The lowest BCUT2D eigenvalue weighted by Crippen LogP contribution is -2.66. The molecule has 0 unspecified atom stereocenters. The van der Waals surface area contributed by atoms with Crippen LogP contribution in [0.1, 0.15) is 10.5 Å². The fraction of sp³-hybridized carbons (Fsp3) is 0.308. The van der Waals surface area contributed by atoms with Gasteiger partial charge in [-0.15, -0.1) is 0 Å². The molecule has 1 aliphatic rings. The number of aromatic amines is 1. The molecule has 2 aromatic rings. The van der Waals surface area contributed by atoms with Crippen LogP contribution in [-0.4, -0.2) is 36.2 Å². The molecule has 3 rings (SSSR count). The smallest absolute Gasteiger partial charge is 0.268 e. The molecular formula is C13H12ClF2N3O2. The SMILES string of the molecule is NCC1(NC(=O)c2cc3cc(Cl)c(F)c(F)c3[nH]2)COC1. The largest absolute Gasteiger partial charge is 0.376 e. The van der Waals surface area contributed by atoms with Crippen LogP contribution in [0.15, 0.2) is 12.1 Å². The van der Waals surface area contributed by atoms with Crippen LogP contribution in [0.5, 0.6) is 0 Å². The molecular weight excluding hydrogens is 304 g/mol. The third kappa shape index (κ3) is 2.27. The number of carbonyl (C=O) groups excluding carboxylic acids is 1. The lowest BCUT2D eigenvalue weighted by Gasteiger charge is -2.40. The second kappa shape index (κ2) is 4.94. The Labute approximate surface area is 123 Å². The zero-order valence-electron chi connectivity index (χ0n) is 10.8. The van der Waals surface area contributed by atoms with Crippen LogP contribution in [0.25, 0.3) is 10.9 Å². The molecule has 0 spiro atoms. The highest BCUT2D eigenvalue weighted by molar-refractivity contribution is 6.31. The maximum absolute atomic E-state index is 13.8. The number of nitrogens with one attached hydrogen (secondary N) is 2. The highest BCUT2D eigenvalue weighted by Crippen LogP contribution is 2.27. The molecule has 21 heavy (non-hydrogen) atoms. The number of hydrogen-bond acceptors (Lipinski definition) is 3. The molecule has 0 atom stereocenters. The summed E-state index contributed by atoms with van der Waals surface area (Å²) in [6, 6.07) is 2.66. The average Bonchev–Trinajstić information content (AvgIpc) is 2.84. The Bertz CT molecular complexity index is 722. The van der Waals surface area contributed by atoms with Crippen LogP contribution in [0, 0.1) is 11.6 Å². The molecule has 1 aromatic carbocycles. The fourth-order valence-corrected chi connectivity index (χ4v) is 2.40. The summed E-state index contributed by atoms with van der Waals surface area (Å²) >= 11 is 5.58. The van der Waals surface area contributed by atoms with Crippen LogP contribution in [0.4, 0.5) is 8.78 Å². The van der Waals surface area contributed by atoms with Crippen LogP contribution < -0.4 is 11.1 Å². The summed E-state index contributed by atoms with van der Waals surface area (Å²) in [7, 11) is 0. The molecule has 1 fully saturated rings. The summed E-state index contributed by atoms with van der Waals surface area (Å²) in [4.78, 5) is 14.7. The number of halogens is 3. The molecule has 5 nitrogen and oxygen atoms in total. The molecule has 2 heterocycles. The molecule has 112 valence electrons. The number of benzene rings is 1. The van der Waals surface area contributed by atoms with Crippen molar-refractivity contribution in [1.82, 2.24) is 10.3 Å². The standard InChI is InChI=1S/C13H12ClF2N3O2/c14-7-1-6-2-8(18-11(6)10(16)9(7)15)12(20)19-13(3-17)4-21-5-13/h1-2,18H,3-5,17H2,(H,19,20). The first-order valence-electron chi connectivity index (χ1n) is 6.22. The van der Waals surface area contributed by atoms with Gasteiger partial charge < -0.3 is 20.8 Å². The van der Waals surface area contributed by atoms with Crippen LogP contribution in [0.2, 0.25) is 5.02 Å². The van der Waals surface area contributed by atoms with Gasteiger partial charge >= 0.3 is 0 Å². The van der Waals surface area contributed by atoms with E-state index >= 15 is 0 Å². The molecule has 4 N–H and O–H groups in total. The van der Waals surface area contributed by atoms with E-state index < -0.39 is 23.1 Å². The van der Waals surface area contributed by atoms with E-state index in [1.807, 2.05) is 0 Å². The fourth-order valence-electron chi connectivity index (χ4n) is 2.20. The molecule has 1 aliphatic heterocycles. The van der Waals surface area contributed by atoms with Crippen LogP contribution in [0.3, 0.4) is 0 Å². The average molecular weight is 316 g/mol. The minimum absolute atomic E-state index is 0.102. The second-order valence-corrected chi connectivity index (χ2v) is 5.47. The van der Waals surface area contributed by atoms with E-state index in [-0.39, 0.29) is 22.8 Å². The summed E-state index contributed by atoms with van der Waals surface area (Å²) in [5, 5.41) is 2.72. The number of ether oxygens (including phenoxy) is 1. The first-order chi connectivity index (χ1) is 9.96. The molecule has 1 saturated heterocycles. The molecule has 0 aliphatic carbocycles. The zero-order valence-corrected chi connectivity index (χ0v) is 11.6. The van der Waals surface area contributed by atoms with Gasteiger partial charge in [-0.25, -0.2) is 8.78 Å². The summed E-state index contributed by atoms with van der Waals surface area (Å²) in [5.41, 5.74) is 5.00. The van der Waals surface area contributed by atoms with Gasteiger partial charge in [0.05, 0.1) is 29.3 Å². The maximum atomic E-state index is 13.8. The van der Waals surface area contributed by atoms with Gasteiger partial charge in [-0.2, -0.15) is 0 Å². The summed E-state index contributed by atoms with van der Waals surface area (Å²) in [6.45, 7) is 0.877. The number of hydrogen-bond donors (Lipinski definition) is 3. The number of nitrogens with two attached hydrogens (primary N) is 1. The number of aromatic nitrogens is 1. The maximum Gasteiger partial charge on any atom is 0.268 e. The van der Waals surface area contributed by atoms with Gasteiger partial charge in [0.2, 0.25) is 0 Å². The molecule has 8 heteroatoms. The van der Waals surface area contributed by atoms with Gasteiger partial charge in [0.25, 0.3) is 5.91 Å². The van der Waals surface area contributed by atoms with Crippen molar-refractivity contribution in [1.29, 1.82) is 0 Å². The molecule has 1 amide bonds. The summed E-state index contributed by atoms with van der Waals surface area (Å²) in [5.74, 6) is -2.73. The normalized spacial score (nSPS) is 16.8. The van der Waals surface area contributed by atoms with Crippen molar-refractivity contribution >= 4 is 28.4 Å². The Kier molecular flexibility index (Phi) is 3.35. The van der Waals surface area contributed by atoms with Crippen molar-refractivity contribution in [3.63, 3.8) is 0 Å². The number of carbonyl (C=O) groups is 1. The van der Waals surface area contributed by atoms with Gasteiger partial charge in [0.15, 0.2) is 11.6 Å². The van der Waals surface area contributed by atoms with Gasteiger partial charge in [0, 0.05) is 11.9 Å². The Morgan fingerprint density at radius 3 is 2.71 bits per heavy atom. The number of fused-ring (bicyclic) bond motifs is 1. The number of amides is 1. The first kappa shape index (κ1) is 14.2. The van der Waals surface area contributed by atoms with Crippen molar-refractivity contribution < 1.29 is 18.3 Å². The zero-order chi connectivity index (χ0) is 15.2. The van der Waals surface area contributed by atoms with Gasteiger partial charge in [-0.05, 0) is 12.1 Å². The molecule has 0 saturated carbocycles. The van der Waals surface area contributed by atoms with Gasteiger partial charge in [-0.3, -0.25) is 4.79 Å². The predicted molar refractivity (Wildman–Crippen MR) is 73.3 cm³/mol.